The Balaban J connectivity index is 1.72. The minimum absolute atomic E-state index is 0.239. The molecule has 4 rings (SSSR count). The molecule has 31 heavy (non-hydrogen) atoms. The SMILES string of the molecule is Cc1ccc2c(CNCc3cccc(Cl)c3)c(C(=O)O)n(Cc3ccc(F)cc3)c2c1. The highest BCUT2D eigenvalue weighted by Gasteiger charge is 2.22. The summed E-state index contributed by atoms with van der Waals surface area (Å²) < 4.78 is 15.1. The van der Waals surface area contributed by atoms with E-state index in [-0.39, 0.29) is 11.5 Å². The number of aromatic carboxylic acids is 1. The normalized spacial score (nSPS) is 11.2. The molecule has 0 bridgehead atoms. The number of nitrogens with zero attached hydrogens (tertiary/aromatic N) is 1. The van der Waals surface area contributed by atoms with Gasteiger partial charge in [-0.1, -0.05) is 48.0 Å². The van der Waals surface area contributed by atoms with Crippen LogP contribution >= 0.6 is 11.6 Å². The van der Waals surface area contributed by atoms with E-state index >= 15 is 0 Å². The number of carbonyl (C=O) groups is 1. The lowest BCUT2D eigenvalue weighted by Crippen LogP contribution is -2.17. The van der Waals surface area contributed by atoms with E-state index in [4.69, 9.17) is 11.6 Å². The molecule has 6 heteroatoms. The summed E-state index contributed by atoms with van der Waals surface area (Å²) in [5.41, 5.74) is 4.72. The van der Waals surface area contributed by atoms with Crippen molar-refractivity contribution in [3.63, 3.8) is 0 Å². The highest BCUT2D eigenvalue weighted by atomic mass is 35.5. The van der Waals surface area contributed by atoms with Crippen LogP contribution in [0.25, 0.3) is 10.9 Å². The predicted octanol–water partition coefficient (Wildman–Crippen LogP) is 5.78. The fourth-order valence-corrected chi connectivity index (χ4v) is 4.08. The largest absolute Gasteiger partial charge is 0.477 e. The maximum absolute atomic E-state index is 13.3. The molecule has 0 spiro atoms. The van der Waals surface area contributed by atoms with Crippen LogP contribution in [0.4, 0.5) is 4.39 Å². The van der Waals surface area contributed by atoms with E-state index in [1.807, 2.05) is 49.4 Å². The summed E-state index contributed by atoms with van der Waals surface area (Å²) in [6.07, 6.45) is 0. The van der Waals surface area contributed by atoms with Crippen molar-refractivity contribution in [2.24, 2.45) is 0 Å². The first-order valence-corrected chi connectivity index (χ1v) is 10.3. The summed E-state index contributed by atoms with van der Waals surface area (Å²) in [6, 6.07) is 19.6. The van der Waals surface area contributed by atoms with Gasteiger partial charge in [0.15, 0.2) is 0 Å². The van der Waals surface area contributed by atoms with E-state index in [0.717, 1.165) is 33.2 Å². The van der Waals surface area contributed by atoms with Gasteiger partial charge >= 0.3 is 5.97 Å². The summed E-state index contributed by atoms with van der Waals surface area (Å²) in [5, 5.41) is 15.0. The van der Waals surface area contributed by atoms with Crippen molar-refractivity contribution in [3.8, 4) is 0 Å². The van der Waals surface area contributed by atoms with Gasteiger partial charge in [-0.25, -0.2) is 9.18 Å². The number of halogens is 2. The number of hydrogen-bond donors (Lipinski definition) is 2. The molecule has 4 nitrogen and oxygen atoms in total. The van der Waals surface area contributed by atoms with E-state index < -0.39 is 5.97 Å². The molecule has 158 valence electrons. The van der Waals surface area contributed by atoms with Gasteiger partial charge in [0.2, 0.25) is 0 Å². The number of aryl methyl sites for hydroxylation is 1. The molecular weight excluding hydrogens is 415 g/mol. The molecule has 1 aromatic heterocycles. The van der Waals surface area contributed by atoms with Gasteiger partial charge in [0, 0.05) is 41.1 Å². The zero-order chi connectivity index (χ0) is 22.0. The Bertz CT molecular complexity index is 1250. The lowest BCUT2D eigenvalue weighted by Gasteiger charge is -2.10. The van der Waals surface area contributed by atoms with Gasteiger partial charge in [-0.15, -0.1) is 0 Å². The zero-order valence-electron chi connectivity index (χ0n) is 17.0. The summed E-state index contributed by atoms with van der Waals surface area (Å²) in [7, 11) is 0. The third-order valence-electron chi connectivity index (χ3n) is 5.30. The molecule has 0 unspecified atom stereocenters. The van der Waals surface area contributed by atoms with Crippen molar-refractivity contribution in [2.75, 3.05) is 0 Å². The molecule has 4 aromatic rings. The van der Waals surface area contributed by atoms with E-state index in [9.17, 15) is 14.3 Å². The number of carboxylic acids is 1. The standard InChI is InChI=1S/C25H22ClFN2O2/c1-16-5-10-21-22(14-28-13-18-3-2-4-19(26)12-18)24(25(30)31)29(23(21)11-16)15-17-6-8-20(27)9-7-17/h2-12,28H,13-15H2,1H3,(H,30,31). The summed E-state index contributed by atoms with van der Waals surface area (Å²) in [6.45, 7) is 3.28. The Hall–Kier alpha value is -3.15. The molecule has 0 atom stereocenters. The van der Waals surface area contributed by atoms with Crippen molar-refractivity contribution < 1.29 is 14.3 Å². The molecule has 0 aliphatic carbocycles. The number of rotatable bonds is 7. The zero-order valence-corrected chi connectivity index (χ0v) is 17.8. The highest BCUT2D eigenvalue weighted by molar-refractivity contribution is 6.30. The molecule has 1 heterocycles. The Kier molecular flexibility index (Phi) is 6.07. The van der Waals surface area contributed by atoms with Gasteiger partial charge in [0.1, 0.15) is 11.5 Å². The topological polar surface area (TPSA) is 54.3 Å². The molecule has 0 saturated heterocycles. The Morgan fingerprint density at radius 1 is 1.03 bits per heavy atom. The minimum atomic E-state index is -0.990. The quantitative estimate of drug-likeness (QED) is 0.386. The molecule has 0 fully saturated rings. The number of hydrogen-bond acceptors (Lipinski definition) is 2. The van der Waals surface area contributed by atoms with Crippen LogP contribution in [0.1, 0.15) is 32.7 Å². The van der Waals surface area contributed by atoms with E-state index in [2.05, 4.69) is 5.32 Å². The number of fused-ring (bicyclic) bond motifs is 1. The lowest BCUT2D eigenvalue weighted by molar-refractivity contribution is 0.0684. The maximum Gasteiger partial charge on any atom is 0.352 e. The molecule has 3 aromatic carbocycles. The smallest absolute Gasteiger partial charge is 0.352 e. The summed E-state index contributed by atoms with van der Waals surface area (Å²) in [4.78, 5) is 12.3. The second-order valence-corrected chi connectivity index (χ2v) is 8.04. The van der Waals surface area contributed by atoms with Crippen molar-refractivity contribution in [1.29, 1.82) is 0 Å². The average molecular weight is 437 g/mol. The van der Waals surface area contributed by atoms with Crippen LogP contribution in [0.5, 0.6) is 0 Å². The van der Waals surface area contributed by atoms with Crippen LogP contribution in [0.2, 0.25) is 5.02 Å². The highest BCUT2D eigenvalue weighted by Crippen LogP contribution is 2.29. The first kappa shape index (κ1) is 21.1. The Labute approximate surface area is 184 Å². The fraction of sp³-hybridized carbons (Fsp3) is 0.160. The first-order chi connectivity index (χ1) is 14.9. The van der Waals surface area contributed by atoms with Crippen molar-refractivity contribution in [2.45, 2.75) is 26.6 Å². The van der Waals surface area contributed by atoms with Gasteiger partial charge in [-0.2, -0.15) is 0 Å². The second kappa shape index (κ2) is 8.92. The number of carboxylic acid groups (broad SMARTS) is 1. The van der Waals surface area contributed by atoms with Crippen LogP contribution in [-0.4, -0.2) is 15.6 Å². The van der Waals surface area contributed by atoms with Crippen LogP contribution in [0, 0.1) is 12.7 Å². The number of benzene rings is 3. The average Bonchev–Trinajstić information content (AvgIpc) is 3.02. The van der Waals surface area contributed by atoms with E-state index in [1.54, 1.807) is 16.7 Å². The van der Waals surface area contributed by atoms with Gasteiger partial charge in [-0.05, 0) is 53.9 Å². The molecule has 0 saturated carbocycles. The molecule has 0 amide bonds. The maximum atomic E-state index is 13.3. The third-order valence-corrected chi connectivity index (χ3v) is 5.54. The van der Waals surface area contributed by atoms with Crippen LogP contribution in [0.15, 0.2) is 66.7 Å². The van der Waals surface area contributed by atoms with E-state index in [0.29, 0.717) is 24.7 Å². The van der Waals surface area contributed by atoms with Crippen molar-refractivity contribution in [3.05, 3.63) is 106 Å². The number of nitrogens with one attached hydrogen (secondary N) is 1. The molecule has 0 aliphatic heterocycles. The van der Waals surface area contributed by atoms with Gasteiger partial charge in [-0.3, -0.25) is 0 Å². The Morgan fingerprint density at radius 2 is 1.81 bits per heavy atom. The summed E-state index contributed by atoms with van der Waals surface area (Å²) >= 11 is 6.06. The second-order valence-electron chi connectivity index (χ2n) is 7.60. The minimum Gasteiger partial charge on any atom is -0.477 e. The van der Waals surface area contributed by atoms with Gasteiger partial charge < -0.3 is 15.0 Å². The van der Waals surface area contributed by atoms with Crippen molar-refractivity contribution >= 4 is 28.5 Å². The molecule has 0 aliphatic rings. The molecular formula is C25H22ClFN2O2. The first-order valence-electron chi connectivity index (χ1n) is 9.97. The molecule has 0 radical (unpaired) electrons. The third kappa shape index (κ3) is 4.63. The van der Waals surface area contributed by atoms with Crippen molar-refractivity contribution in [1.82, 2.24) is 9.88 Å². The Morgan fingerprint density at radius 3 is 2.52 bits per heavy atom. The predicted molar refractivity (Wildman–Crippen MR) is 121 cm³/mol. The lowest BCUT2D eigenvalue weighted by atomic mass is 10.1. The van der Waals surface area contributed by atoms with Gasteiger partial charge in [0.05, 0.1) is 0 Å². The summed E-state index contributed by atoms with van der Waals surface area (Å²) in [5.74, 6) is -1.31. The van der Waals surface area contributed by atoms with Gasteiger partial charge in [0.25, 0.3) is 0 Å². The monoisotopic (exact) mass is 436 g/mol. The van der Waals surface area contributed by atoms with Crippen LogP contribution in [-0.2, 0) is 19.6 Å². The van der Waals surface area contributed by atoms with E-state index in [1.165, 1.54) is 12.1 Å². The molecule has 2 N–H and O–H groups in total. The van der Waals surface area contributed by atoms with Crippen LogP contribution in [0.3, 0.4) is 0 Å². The fourth-order valence-electron chi connectivity index (χ4n) is 3.87. The number of aromatic nitrogens is 1. The van der Waals surface area contributed by atoms with Crippen LogP contribution < -0.4 is 5.32 Å².